The fourth-order valence-electron chi connectivity index (χ4n) is 1.77. The van der Waals surface area contributed by atoms with Gasteiger partial charge in [0.2, 0.25) is 5.91 Å². The molecule has 1 aromatic carbocycles. The second-order valence-corrected chi connectivity index (χ2v) is 4.87. The van der Waals surface area contributed by atoms with Crippen molar-refractivity contribution >= 4 is 11.9 Å². The number of carboxylic acids is 1. The molecule has 0 bridgehead atoms. The molecule has 0 saturated carbocycles. The second kappa shape index (κ2) is 6.15. The minimum atomic E-state index is -4.56. The maximum absolute atomic E-state index is 12.8. The highest BCUT2D eigenvalue weighted by atomic mass is 19.4. The van der Waals surface area contributed by atoms with E-state index in [0.717, 1.165) is 6.07 Å². The summed E-state index contributed by atoms with van der Waals surface area (Å²) < 4.78 is 38.4. The highest BCUT2D eigenvalue weighted by Crippen LogP contribution is 2.32. The molecule has 0 aliphatic carbocycles. The molecule has 2 N–H and O–H groups in total. The van der Waals surface area contributed by atoms with Crippen LogP contribution in [0.25, 0.3) is 0 Å². The number of halogens is 3. The highest BCUT2D eigenvalue weighted by Gasteiger charge is 2.35. The van der Waals surface area contributed by atoms with Crippen molar-refractivity contribution in [3.63, 3.8) is 0 Å². The first-order valence-electron chi connectivity index (χ1n) is 6.29. The number of carbonyl (C=O) groups excluding carboxylic acids is 1. The first kappa shape index (κ1) is 17.0. The van der Waals surface area contributed by atoms with Gasteiger partial charge in [0.25, 0.3) is 0 Å². The van der Waals surface area contributed by atoms with Crippen molar-refractivity contribution in [2.45, 2.75) is 38.4 Å². The van der Waals surface area contributed by atoms with Crippen molar-refractivity contribution in [3.8, 4) is 0 Å². The van der Waals surface area contributed by atoms with Gasteiger partial charge in [0, 0.05) is 0 Å². The predicted octanol–water partition coefficient (Wildman–Crippen LogP) is 2.62. The van der Waals surface area contributed by atoms with Crippen LogP contribution in [0.5, 0.6) is 0 Å². The summed E-state index contributed by atoms with van der Waals surface area (Å²) in [6, 6.07) is 4.72. The molecule has 1 unspecified atom stereocenters. The van der Waals surface area contributed by atoms with Crippen molar-refractivity contribution in [1.29, 1.82) is 0 Å². The van der Waals surface area contributed by atoms with E-state index in [0.29, 0.717) is 0 Å². The normalized spacial score (nSPS) is 14.3. The monoisotopic (exact) mass is 303 g/mol. The van der Waals surface area contributed by atoms with Gasteiger partial charge in [-0.05, 0) is 25.0 Å². The van der Waals surface area contributed by atoms with Gasteiger partial charge in [-0.25, -0.2) is 4.79 Å². The number of rotatable bonds is 5. The van der Waals surface area contributed by atoms with Crippen LogP contribution in [-0.2, 0) is 22.2 Å². The van der Waals surface area contributed by atoms with Crippen LogP contribution in [0, 0.1) is 0 Å². The minimum absolute atomic E-state index is 0.120. The molecule has 1 amide bonds. The summed E-state index contributed by atoms with van der Waals surface area (Å²) in [6.45, 7) is 2.88. The van der Waals surface area contributed by atoms with Gasteiger partial charge in [-0.2, -0.15) is 13.2 Å². The van der Waals surface area contributed by atoms with Gasteiger partial charge >= 0.3 is 12.1 Å². The molecule has 7 heteroatoms. The van der Waals surface area contributed by atoms with E-state index in [1.54, 1.807) is 6.92 Å². The van der Waals surface area contributed by atoms with Crippen LogP contribution in [0.15, 0.2) is 24.3 Å². The number of carboxylic acid groups (broad SMARTS) is 1. The van der Waals surface area contributed by atoms with Crippen LogP contribution in [0.1, 0.15) is 31.4 Å². The number of nitrogens with one attached hydrogen (secondary N) is 1. The Morgan fingerprint density at radius 2 is 1.81 bits per heavy atom. The average Bonchev–Trinajstić information content (AvgIpc) is 2.37. The summed E-state index contributed by atoms with van der Waals surface area (Å²) in [4.78, 5) is 22.9. The maximum Gasteiger partial charge on any atom is 0.416 e. The maximum atomic E-state index is 12.8. The molecule has 0 spiro atoms. The minimum Gasteiger partial charge on any atom is -0.480 e. The van der Waals surface area contributed by atoms with Gasteiger partial charge in [0.05, 0.1) is 12.0 Å². The van der Waals surface area contributed by atoms with Crippen LogP contribution < -0.4 is 5.32 Å². The molecule has 4 nitrogen and oxygen atoms in total. The molecular weight excluding hydrogens is 287 g/mol. The molecule has 0 aromatic heterocycles. The summed E-state index contributed by atoms with van der Waals surface area (Å²) in [5, 5.41) is 11.3. The van der Waals surface area contributed by atoms with E-state index in [4.69, 9.17) is 5.11 Å². The summed E-state index contributed by atoms with van der Waals surface area (Å²) in [6.07, 6.45) is -4.97. The first-order chi connectivity index (χ1) is 9.60. The number of benzene rings is 1. The average molecular weight is 303 g/mol. The zero-order chi connectivity index (χ0) is 16.3. The van der Waals surface area contributed by atoms with Gasteiger partial charge in [-0.15, -0.1) is 0 Å². The number of alkyl halides is 3. The van der Waals surface area contributed by atoms with Crippen LogP contribution in [0.4, 0.5) is 13.2 Å². The Balaban J connectivity index is 2.93. The molecule has 0 radical (unpaired) electrons. The van der Waals surface area contributed by atoms with Crippen molar-refractivity contribution in [2.24, 2.45) is 0 Å². The quantitative estimate of drug-likeness (QED) is 0.878. The second-order valence-electron chi connectivity index (χ2n) is 4.87. The Morgan fingerprint density at radius 3 is 2.29 bits per heavy atom. The first-order valence-corrected chi connectivity index (χ1v) is 6.29. The summed E-state index contributed by atoms with van der Waals surface area (Å²) in [5.41, 5.74) is -2.58. The number of aliphatic carboxylic acids is 1. The molecule has 116 valence electrons. The number of hydrogen-bond acceptors (Lipinski definition) is 2. The topological polar surface area (TPSA) is 66.4 Å². The Morgan fingerprint density at radius 1 is 1.24 bits per heavy atom. The van der Waals surface area contributed by atoms with Crippen LogP contribution in [0.3, 0.4) is 0 Å². The third-order valence-corrected chi connectivity index (χ3v) is 3.27. The third-order valence-electron chi connectivity index (χ3n) is 3.27. The lowest BCUT2D eigenvalue weighted by Gasteiger charge is -2.25. The number of hydrogen-bond donors (Lipinski definition) is 2. The zero-order valence-corrected chi connectivity index (χ0v) is 11.6. The molecule has 1 aromatic rings. The fraction of sp³-hybridized carbons (Fsp3) is 0.429. The van der Waals surface area contributed by atoms with E-state index >= 15 is 0 Å². The van der Waals surface area contributed by atoms with E-state index < -0.39 is 35.6 Å². The van der Waals surface area contributed by atoms with E-state index in [2.05, 4.69) is 5.32 Å². The van der Waals surface area contributed by atoms with Gasteiger partial charge in [0.1, 0.15) is 5.54 Å². The van der Waals surface area contributed by atoms with E-state index in [9.17, 15) is 22.8 Å². The molecule has 0 heterocycles. The smallest absolute Gasteiger partial charge is 0.416 e. The van der Waals surface area contributed by atoms with Gasteiger partial charge in [0.15, 0.2) is 0 Å². The zero-order valence-electron chi connectivity index (χ0n) is 11.6. The number of carbonyl (C=O) groups is 2. The van der Waals surface area contributed by atoms with Crippen LogP contribution >= 0.6 is 0 Å². The molecule has 21 heavy (non-hydrogen) atoms. The lowest BCUT2D eigenvalue weighted by atomic mass is 9.97. The van der Waals surface area contributed by atoms with Gasteiger partial charge < -0.3 is 10.4 Å². The Kier molecular flexibility index (Phi) is 4.98. The number of amides is 1. The lowest BCUT2D eigenvalue weighted by molar-refractivity contribution is -0.147. The molecule has 0 saturated heterocycles. The predicted molar refractivity (Wildman–Crippen MR) is 69.6 cm³/mol. The van der Waals surface area contributed by atoms with Gasteiger partial charge in [-0.3, -0.25) is 4.79 Å². The van der Waals surface area contributed by atoms with Crippen molar-refractivity contribution in [2.75, 3.05) is 0 Å². The molecular formula is C14H16F3NO3. The Labute approximate surface area is 120 Å². The van der Waals surface area contributed by atoms with Crippen molar-refractivity contribution in [1.82, 2.24) is 5.32 Å². The Hall–Kier alpha value is -2.05. The third kappa shape index (κ3) is 4.21. The van der Waals surface area contributed by atoms with Crippen molar-refractivity contribution < 1.29 is 27.9 Å². The van der Waals surface area contributed by atoms with Crippen LogP contribution in [-0.4, -0.2) is 22.5 Å². The summed E-state index contributed by atoms with van der Waals surface area (Å²) in [5.74, 6) is -2.00. The van der Waals surface area contributed by atoms with Crippen LogP contribution in [0.2, 0.25) is 0 Å². The summed E-state index contributed by atoms with van der Waals surface area (Å²) in [7, 11) is 0. The summed E-state index contributed by atoms with van der Waals surface area (Å²) >= 11 is 0. The molecule has 1 rings (SSSR count). The SMILES string of the molecule is CCC(C)(NC(=O)Cc1ccccc1C(F)(F)F)C(=O)O. The largest absolute Gasteiger partial charge is 0.480 e. The lowest BCUT2D eigenvalue weighted by Crippen LogP contribution is -2.52. The fourth-order valence-corrected chi connectivity index (χ4v) is 1.77. The van der Waals surface area contributed by atoms with E-state index in [1.807, 2.05) is 0 Å². The molecule has 0 aliphatic heterocycles. The molecule has 0 aliphatic rings. The Bertz CT molecular complexity index is 543. The van der Waals surface area contributed by atoms with Gasteiger partial charge in [-0.1, -0.05) is 25.1 Å². The van der Waals surface area contributed by atoms with E-state index in [-0.39, 0.29) is 12.0 Å². The molecule has 1 atom stereocenters. The van der Waals surface area contributed by atoms with E-state index in [1.165, 1.54) is 25.1 Å². The standard InChI is InChI=1S/C14H16F3NO3/c1-3-13(2,12(20)21)18-11(19)8-9-6-4-5-7-10(9)14(15,16)17/h4-7H,3,8H2,1-2H3,(H,18,19)(H,20,21). The highest BCUT2D eigenvalue weighted by molar-refractivity contribution is 5.87. The van der Waals surface area contributed by atoms with Crippen molar-refractivity contribution in [3.05, 3.63) is 35.4 Å². The molecule has 0 fully saturated rings.